The number of fused-ring (bicyclic) bond motifs is 1. The molecule has 0 spiro atoms. The molecule has 2 aromatic rings. The van der Waals surface area contributed by atoms with E-state index in [4.69, 9.17) is 34.8 Å². The van der Waals surface area contributed by atoms with Crippen LogP contribution in [0.15, 0.2) is 36.4 Å². The van der Waals surface area contributed by atoms with E-state index >= 15 is 0 Å². The molecule has 0 fully saturated rings. The molecule has 3 nitrogen and oxygen atoms in total. The third kappa shape index (κ3) is 2.42. The molecule has 2 aromatic carbocycles. The van der Waals surface area contributed by atoms with Crippen LogP contribution in [0.5, 0.6) is 0 Å². The maximum atomic E-state index is 12.1. The summed E-state index contributed by atoms with van der Waals surface area (Å²) >= 11 is 18.0. The minimum absolute atomic E-state index is 0.179. The lowest BCUT2D eigenvalue weighted by Crippen LogP contribution is -2.29. The van der Waals surface area contributed by atoms with Crippen LogP contribution in [0.1, 0.15) is 15.9 Å². The normalized spacial score (nSPS) is 13.8. The third-order valence-electron chi connectivity index (χ3n) is 3.29. The lowest BCUT2D eigenvalue weighted by molar-refractivity contribution is -0.114. The number of Topliss-reactive ketones (excluding diaryl/α,β-unsaturated/α-hetero) is 1. The number of amides is 1. The van der Waals surface area contributed by atoms with E-state index in [2.05, 4.69) is 0 Å². The molecule has 0 saturated carbocycles. The number of halogens is 3. The van der Waals surface area contributed by atoms with Crippen molar-refractivity contribution in [2.45, 2.75) is 6.54 Å². The van der Waals surface area contributed by atoms with E-state index in [1.54, 1.807) is 30.3 Å². The van der Waals surface area contributed by atoms with Crippen LogP contribution in [0, 0.1) is 0 Å². The molecule has 21 heavy (non-hydrogen) atoms. The predicted octanol–water partition coefficient (Wildman–Crippen LogP) is 4.38. The van der Waals surface area contributed by atoms with Crippen molar-refractivity contribution in [1.29, 1.82) is 0 Å². The van der Waals surface area contributed by atoms with E-state index in [1.165, 1.54) is 11.0 Å². The summed E-state index contributed by atoms with van der Waals surface area (Å²) in [7, 11) is 0. The third-order valence-corrected chi connectivity index (χ3v) is 4.39. The second-order valence-electron chi connectivity index (χ2n) is 4.59. The molecule has 0 bridgehead atoms. The second-order valence-corrected chi connectivity index (χ2v) is 5.82. The van der Waals surface area contributed by atoms with Gasteiger partial charge in [0.2, 0.25) is 0 Å². The fourth-order valence-electron chi connectivity index (χ4n) is 2.27. The second kappa shape index (κ2) is 5.34. The summed E-state index contributed by atoms with van der Waals surface area (Å²) in [4.78, 5) is 25.5. The number of anilines is 1. The Morgan fingerprint density at radius 2 is 1.76 bits per heavy atom. The molecule has 0 unspecified atom stereocenters. The molecular weight excluding hydrogens is 333 g/mol. The summed E-state index contributed by atoms with van der Waals surface area (Å²) in [5.74, 6) is -1.16. The highest BCUT2D eigenvalue weighted by molar-refractivity contribution is 6.52. The highest BCUT2D eigenvalue weighted by Crippen LogP contribution is 2.34. The van der Waals surface area contributed by atoms with Crippen LogP contribution in [0.25, 0.3) is 0 Å². The van der Waals surface area contributed by atoms with Gasteiger partial charge < -0.3 is 4.90 Å². The standard InChI is InChI=1S/C15H8Cl3NO2/c16-9-4-5-12-10(6-9)14(20)15(21)19(12)7-8-2-1-3-11(17)13(8)18/h1-6H,7H2. The van der Waals surface area contributed by atoms with E-state index in [1.807, 2.05) is 0 Å². The Morgan fingerprint density at radius 3 is 2.52 bits per heavy atom. The summed E-state index contributed by atoms with van der Waals surface area (Å²) < 4.78 is 0. The fourth-order valence-corrected chi connectivity index (χ4v) is 2.82. The first kappa shape index (κ1) is 14.4. The minimum Gasteiger partial charge on any atom is -0.300 e. The van der Waals surface area contributed by atoms with Crippen LogP contribution in [-0.4, -0.2) is 11.7 Å². The molecule has 1 amide bonds. The first-order chi connectivity index (χ1) is 9.99. The van der Waals surface area contributed by atoms with Crippen molar-refractivity contribution in [2.24, 2.45) is 0 Å². The number of rotatable bonds is 2. The van der Waals surface area contributed by atoms with E-state index in [9.17, 15) is 9.59 Å². The van der Waals surface area contributed by atoms with Crippen LogP contribution in [0.2, 0.25) is 15.1 Å². The van der Waals surface area contributed by atoms with Crippen molar-refractivity contribution in [2.75, 3.05) is 4.90 Å². The van der Waals surface area contributed by atoms with Gasteiger partial charge in [-0.2, -0.15) is 0 Å². The average molecular weight is 341 g/mol. The molecule has 6 heteroatoms. The zero-order valence-corrected chi connectivity index (χ0v) is 12.8. The Morgan fingerprint density at radius 1 is 1.00 bits per heavy atom. The van der Waals surface area contributed by atoms with Gasteiger partial charge in [0.25, 0.3) is 11.7 Å². The Balaban J connectivity index is 2.03. The van der Waals surface area contributed by atoms with E-state index in [0.29, 0.717) is 31.9 Å². The van der Waals surface area contributed by atoms with Crippen LogP contribution in [-0.2, 0) is 11.3 Å². The van der Waals surface area contributed by atoms with Crippen LogP contribution < -0.4 is 4.90 Å². The van der Waals surface area contributed by atoms with E-state index in [0.717, 1.165) is 0 Å². The number of benzene rings is 2. The minimum atomic E-state index is -0.594. The SMILES string of the molecule is O=C1C(=O)N(Cc2cccc(Cl)c2Cl)c2ccc(Cl)cc21. The molecule has 106 valence electrons. The molecule has 0 N–H and O–H groups in total. The van der Waals surface area contributed by atoms with Crippen molar-refractivity contribution < 1.29 is 9.59 Å². The van der Waals surface area contributed by atoms with E-state index in [-0.39, 0.29) is 6.54 Å². The summed E-state index contributed by atoms with van der Waals surface area (Å²) in [6.07, 6.45) is 0. The van der Waals surface area contributed by atoms with Crippen LogP contribution in [0.4, 0.5) is 5.69 Å². The number of hydrogen-bond acceptors (Lipinski definition) is 2. The fraction of sp³-hybridized carbons (Fsp3) is 0.0667. The molecule has 0 atom stereocenters. The van der Waals surface area contributed by atoms with Gasteiger partial charge in [0.05, 0.1) is 27.8 Å². The van der Waals surface area contributed by atoms with Gasteiger partial charge in [0.15, 0.2) is 0 Å². The smallest absolute Gasteiger partial charge is 0.299 e. The topological polar surface area (TPSA) is 37.4 Å². The summed E-state index contributed by atoms with van der Waals surface area (Å²) in [6.45, 7) is 0.179. The Kier molecular flexibility index (Phi) is 3.66. The molecular formula is C15H8Cl3NO2. The predicted molar refractivity (Wildman–Crippen MR) is 83.4 cm³/mol. The van der Waals surface area contributed by atoms with Crippen molar-refractivity contribution in [3.05, 3.63) is 62.6 Å². The van der Waals surface area contributed by atoms with Gasteiger partial charge in [-0.3, -0.25) is 9.59 Å². The summed E-state index contributed by atoms with van der Waals surface area (Å²) in [5, 5.41) is 1.20. The maximum absolute atomic E-state index is 12.1. The Labute approximate surface area is 136 Å². The maximum Gasteiger partial charge on any atom is 0.299 e. The first-order valence-corrected chi connectivity index (χ1v) is 7.21. The van der Waals surface area contributed by atoms with Crippen LogP contribution in [0.3, 0.4) is 0 Å². The first-order valence-electron chi connectivity index (χ1n) is 6.07. The Hall–Kier alpha value is -1.55. The largest absolute Gasteiger partial charge is 0.300 e. The lowest BCUT2D eigenvalue weighted by atomic mass is 10.1. The van der Waals surface area contributed by atoms with Gasteiger partial charge in [-0.05, 0) is 29.8 Å². The van der Waals surface area contributed by atoms with Gasteiger partial charge in [0, 0.05) is 5.02 Å². The number of nitrogens with zero attached hydrogens (tertiary/aromatic N) is 1. The van der Waals surface area contributed by atoms with Gasteiger partial charge >= 0.3 is 0 Å². The molecule has 0 radical (unpaired) electrons. The summed E-state index contributed by atoms with van der Waals surface area (Å²) in [6, 6.07) is 9.96. The van der Waals surface area contributed by atoms with Crippen molar-refractivity contribution >= 4 is 52.2 Å². The number of hydrogen-bond donors (Lipinski definition) is 0. The average Bonchev–Trinajstić information content (AvgIpc) is 2.69. The van der Waals surface area contributed by atoms with Crippen molar-refractivity contribution in [3.8, 4) is 0 Å². The van der Waals surface area contributed by atoms with Gasteiger partial charge in [-0.1, -0.05) is 46.9 Å². The van der Waals surface area contributed by atoms with Gasteiger partial charge in [0.1, 0.15) is 0 Å². The van der Waals surface area contributed by atoms with Gasteiger partial charge in [-0.25, -0.2) is 0 Å². The molecule has 0 aromatic heterocycles. The molecule has 3 rings (SSSR count). The Bertz CT molecular complexity index is 774. The molecule has 0 aliphatic carbocycles. The quantitative estimate of drug-likeness (QED) is 0.761. The highest BCUT2D eigenvalue weighted by Gasteiger charge is 2.36. The molecule has 1 aliphatic rings. The van der Waals surface area contributed by atoms with Crippen molar-refractivity contribution in [3.63, 3.8) is 0 Å². The summed E-state index contributed by atoms with van der Waals surface area (Å²) in [5.41, 5.74) is 1.52. The molecule has 1 aliphatic heterocycles. The zero-order valence-electron chi connectivity index (χ0n) is 10.6. The highest BCUT2D eigenvalue weighted by atomic mass is 35.5. The monoisotopic (exact) mass is 339 g/mol. The van der Waals surface area contributed by atoms with E-state index < -0.39 is 11.7 Å². The lowest BCUT2D eigenvalue weighted by Gasteiger charge is -2.17. The molecule has 0 saturated heterocycles. The number of ketones is 1. The van der Waals surface area contributed by atoms with Crippen LogP contribution >= 0.6 is 34.8 Å². The molecule has 1 heterocycles. The van der Waals surface area contributed by atoms with Gasteiger partial charge in [-0.15, -0.1) is 0 Å². The van der Waals surface area contributed by atoms with Crippen molar-refractivity contribution in [1.82, 2.24) is 0 Å². The zero-order chi connectivity index (χ0) is 15.1. The number of carbonyl (C=O) groups is 2. The number of carbonyl (C=O) groups excluding carboxylic acids is 2.